The Hall–Kier alpha value is -3.35. The van der Waals surface area contributed by atoms with Gasteiger partial charge in [0, 0.05) is 16.9 Å². The third-order valence-corrected chi connectivity index (χ3v) is 3.68. The van der Waals surface area contributed by atoms with E-state index >= 15 is 0 Å². The van der Waals surface area contributed by atoms with Crippen molar-refractivity contribution in [2.24, 2.45) is 11.7 Å². The summed E-state index contributed by atoms with van der Waals surface area (Å²) in [6.07, 6.45) is 0. The first kappa shape index (κ1) is 19.0. The van der Waals surface area contributed by atoms with Gasteiger partial charge in [-0.2, -0.15) is 0 Å². The van der Waals surface area contributed by atoms with Crippen LogP contribution in [0, 0.1) is 5.92 Å². The molecule has 0 heterocycles. The van der Waals surface area contributed by atoms with Crippen molar-refractivity contribution >= 4 is 29.2 Å². The van der Waals surface area contributed by atoms with Crippen molar-refractivity contribution in [3.63, 3.8) is 0 Å². The fraction of sp³-hybridized carbons (Fsp3) is 0.211. The van der Waals surface area contributed by atoms with Gasteiger partial charge in [-0.15, -0.1) is 0 Å². The number of benzene rings is 2. The Bertz CT molecular complexity index is 790. The SMILES string of the molecule is CC(C)C(NC(=O)Nc1ccccc1)C(=O)Nc1cccc(C(N)=O)c1. The zero-order chi connectivity index (χ0) is 19.1. The van der Waals surface area contributed by atoms with Crippen LogP contribution in [0.4, 0.5) is 16.2 Å². The molecule has 4 amide bonds. The van der Waals surface area contributed by atoms with Gasteiger partial charge in [-0.05, 0) is 36.2 Å². The molecule has 2 aromatic carbocycles. The average molecular weight is 354 g/mol. The molecule has 2 rings (SSSR count). The van der Waals surface area contributed by atoms with Gasteiger partial charge in [0.2, 0.25) is 11.8 Å². The predicted octanol–water partition coefficient (Wildman–Crippen LogP) is 2.57. The molecule has 136 valence electrons. The number of para-hydroxylation sites is 1. The Morgan fingerprint density at radius 3 is 2.15 bits per heavy atom. The number of nitrogens with one attached hydrogen (secondary N) is 3. The molecule has 0 aliphatic heterocycles. The maximum atomic E-state index is 12.6. The van der Waals surface area contributed by atoms with Gasteiger partial charge in [-0.25, -0.2) is 4.79 Å². The minimum atomic E-state index is -0.754. The standard InChI is InChI=1S/C19H22N4O3/c1-12(2)16(23-19(26)22-14-8-4-3-5-9-14)18(25)21-15-10-6-7-13(11-15)17(20)24/h3-12,16H,1-2H3,(H2,20,24)(H,21,25)(H2,22,23,26). The van der Waals surface area contributed by atoms with E-state index < -0.39 is 18.0 Å². The van der Waals surface area contributed by atoms with Crippen molar-refractivity contribution in [3.05, 3.63) is 60.2 Å². The van der Waals surface area contributed by atoms with Gasteiger partial charge in [0.25, 0.3) is 0 Å². The van der Waals surface area contributed by atoms with E-state index in [-0.39, 0.29) is 11.8 Å². The van der Waals surface area contributed by atoms with Crippen molar-refractivity contribution in [2.75, 3.05) is 10.6 Å². The van der Waals surface area contributed by atoms with Crippen LogP contribution in [0.25, 0.3) is 0 Å². The zero-order valence-corrected chi connectivity index (χ0v) is 14.7. The second-order valence-corrected chi connectivity index (χ2v) is 6.12. The van der Waals surface area contributed by atoms with Crippen molar-refractivity contribution in [1.82, 2.24) is 5.32 Å². The fourth-order valence-corrected chi connectivity index (χ4v) is 2.34. The number of primary amides is 1. The van der Waals surface area contributed by atoms with Crippen LogP contribution in [0.5, 0.6) is 0 Å². The topological polar surface area (TPSA) is 113 Å². The number of carbonyl (C=O) groups excluding carboxylic acids is 3. The van der Waals surface area contributed by atoms with Gasteiger partial charge in [-0.1, -0.05) is 38.1 Å². The maximum absolute atomic E-state index is 12.6. The molecule has 2 aromatic rings. The molecule has 26 heavy (non-hydrogen) atoms. The van der Waals surface area contributed by atoms with E-state index in [9.17, 15) is 14.4 Å². The molecule has 5 N–H and O–H groups in total. The molecular formula is C19H22N4O3. The molecule has 0 radical (unpaired) electrons. The highest BCUT2D eigenvalue weighted by molar-refractivity contribution is 6.00. The summed E-state index contributed by atoms with van der Waals surface area (Å²) in [5, 5.41) is 8.05. The fourth-order valence-electron chi connectivity index (χ4n) is 2.34. The summed E-state index contributed by atoms with van der Waals surface area (Å²) >= 11 is 0. The average Bonchev–Trinajstić information content (AvgIpc) is 2.60. The van der Waals surface area contributed by atoms with Crippen molar-refractivity contribution in [1.29, 1.82) is 0 Å². The first-order valence-electron chi connectivity index (χ1n) is 8.20. The predicted molar refractivity (Wildman–Crippen MR) is 101 cm³/mol. The van der Waals surface area contributed by atoms with Gasteiger partial charge in [0.1, 0.15) is 6.04 Å². The lowest BCUT2D eigenvalue weighted by Crippen LogP contribution is -2.48. The molecule has 1 unspecified atom stereocenters. The summed E-state index contributed by atoms with van der Waals surface area (Å²) in [6, 6.07) is 14.0. The molecule has 1 atom stereocenters. The Labute approximate surface area is 152 Å². The lowest BCUT2D eigenvalue weighted by molar-refractivity contribution is -0.118. The molecule has 0 spiro atoms. The number of urea groups is 1. The van der Waals surface area contributed by atoms with Gasteiger partial charge in [0.15, 0.2) is 0 Å². The largest absolute Gasteiger partial charge is 0.366 e. The first-order chi connectivity index (χ1) is 12.4. The van der Waals surface area contributed by atoms with E-state index in [0.717, 1.165) is 0 Å². The molecule has 0 saturated carbocycles. The van der Waals surface area contributed by atoms with E-state index in [0.29, 0.717) is 16.9 Å². The highest BCUT2D eigenvalue weighted by atomic mass is 16.2. The lowest BCUT2D eigenvalue weighted by Gasteiger charge is -2.22. The molecule has 0 aliphatic rings. The van der Waals surface area contributed by atoms with Crippen LogP contribution in [0.1, 0.15) is 24.2 Å². The quantitative estimate of drug-likeness (QED) is 0.639. The van der Waals surface area contributed by atoms with E-state index in [4.69, 9.17) is 5.73 Å². The summed E-state index contributed by atoms with van der Waals surface area (Å²) < 4.78 is 0. The van der Waals surface area contributed by atoms with Crippen LogP contribution in [-0.4, -0.2) is 23.9 Å². The van der Waals surface area contributed by atoms with Gasteiger partial charge >= 0.3 is 6.03 Å². The Morgan fingerprint density at radius 2 is 1.54 bits per heavy atom. The molecule has 0 aliphatic carbocycles. The van der Waals surface area contributed by atoms with Crippen molar-refractivity contribution < 1.29 is 14.4 Å². The molecule has 0 aromatic heterocycles. The first-order valence-corrected chi connectivity index (χ1v) is 8.20. The summed E-state index contributed by atoms with van der Waals surface area (Å²) in [4.78, 5) is 36.0. The van der Waals surface area contributed by atoms with Gasteiger partial charge in [0.05, 0.1) is 0 Å². The maximum Gasteiger partial charge on any atom is 0.319 e. The van der Waals surface area contributed by atoms with E-state index in [2.05, 4.69) is 16.0 Å². The molecule has 0 fully saturated rings. The number of hydrogen-bond donors (Lipinski definition) is 4. The Kier molecular flexibility index (Phi) is 6.32. The van der Waals surface area contributed by atoms with Crippen molar-refractivity contribution in [2.45, 2.75) is 19.9 Å². The number of nitrogens with two attached hydrogens (primary N) is 1. The molecular weight excluding hydrogens is 332 g/mol. The lowest BCUT2D eigenvalue weighted by atomic mass is 10.0. The number of anilines is 2. The van der Waals surface area contributed by atoms with Crippen LogP contribution in [0.3, 0.4) is 0 Å². The monoisotopic (exact) mass is 354 g/mol. The highest BCUT2D eigenvalue weighted by Crippen LogP contribution is 2.13. The van der Waals surface area contributed by atoms with Crippen LogP contribution >= 0.6 is 0 Å². The van der Waals surface area contributed by atoms with Crippen LogP contribution in [0.15, 0.2) is 54.6 Å². The minimum absolute atomic E-state index is 0.143. The number of hydrogen-bond acceptors (Lipinski definition) is 3. The third kappa shape index (κ3) is 5.34. The highest BCUT2D eigenvalue weighted by Gasteiger charge is 2.24. The molecule has 0 saturated heterocycles. The van der Waals surface area contributed by atoms with E-state index in [1.54, 1.807) is 42.5 Å². The minimum Gasteiger partial charge on any atom is -0.366 e. The van der Waals surface area contributed by atoms with Crippen LogP contribution in [0.2, 0.25) is 0 Å². The van der Waals surface area contributed by atoms with E-state index in [1.807, 2.05) is 19.9 Å². The van der Waals surface area contributed by atoms with Crippen LogP contribution in [-0.2, 0) is 4.79 Å². The zero-order valence-electron chi connectivity index (χ0n) is 14.7. The smallest absolute Gasteiger partial charge is 0.319 e. The number of rotatable bonds is 6. The summed E-state index contributed by atoms with van der Waals surface area (Å²) in [5.74, 6) is -1.11. The molecule has 7 nitrogen and oxygen atoms in total. The second kappa shape index (κ2) is 8.66. The Balaban J connectivity index is 2.04. The summed E-state index contributed by atoms with van der Waals surface area (Å²) in [6.45, 7) is 3.65. The normalized spacial score (nSPS) is 11.5. The number of amides is 4. The van der Waals surface area contributed by atoms with Crippen molar-refractivity contribution in [3.8, 4) is 0 Å². The van der Waals surface area contributed by atoms with Crippen LogP contribution < -0.4 is 21.7 Å². The number of carbonyl (C=O) groups is 3. The van der Waals surface area contributed by atoms with Gasteiger partial charge < -0.3 is 21.7 Å². The third-order valence-electron chi connectivity index (χ3n) is 3.68. The summed E-state index contributed by atoms with van der Waals surface area (Å²) in [5.41, 5.74) is 6.59. The second-order valence-electron chi connectivity index (χ2n) is 6.12. The van der Waals surface area contributed by atoms with E-state index in [1.165, 1.54) is 6.07 Å². The molecule has 7 heteroatoms. The van der Waals surface area contributed by atoms with Gasteiger partial charge in [-0.3, -0.25) is 9.59 Å². The summed E-state index contributed by atoms with van der Waals surface area (Å²) in [7, 11) is 0. The molecule has 0 bridgehead atoms. The Morgan fingerprint density at radius 1 is 0.885 bits per heavy atom.